The van der Waals surface area contributed by atoms with Crippen molar-refractivity contribution in [3.63, 3.8) is 0 Å². The van der Waals surface area contributed by atoms with Gasteiger partial charge in [-0.2, -0.15) is 0 Å². The van der Waals surface area contributed by atoms with Gasteiger partial charge in [0.05, 0.1) is 12.2 Å². The Morgan fingerprint density at radius 1 is 1.14 bits per heavy atom. The third kappa shape index (κ3) is 3.89. The van der Waals surface area contributed by atoms with Gasteiger partial charge in [0.25, 0.3) is 0 Å². The van der Waals surface area contributed by atoms with E-state index in [-0.39, 0.29) is 12.3 Å². The van der Waals surface area contributed by atoms with E-state index in [0.717, 1.165) is 27.8 Å². The lowest BCUT2D eigenvalue weighted by Crippen LogP contribution is -2.69. The van der Waals surface area contributed by atoms with Crippen molar-refractivity contribution >= 4 is 23.6 Å². The quantitative estimate of drug-likeness (QED) is 0.284. The number of nitrogen functional groups attached to an aromatic ring is 1. The Labute approximate surface area is 257 Å². The Morgan fingerprint density at radius 3 is 2.61 bits per heavy atom. The number of hydrogen-bond acceptors (Lipinski definition) is 6. The van der Waals surface area contributed by atoms with Gasteiger partial charge in [-0.25, -0.2) is 4.39 Å². The molecular formula is C37H40FNO5. The number of allylic oxidation sites excluding steroid dienone is 5. The zero-order valence-electron chi connectivity index (χ0n) is 25.2. The van der Waals surface area contributed by atoms with Gasteiger partial charge < -0.3 is 25.4 Å². The highest BCUT2D eigenvalue weighted by molar-refractivity contribution is 5.91. The average molecular weight is 598 g/mol. The number of hydrogen-bond donors (Lipinski definition) is 3. The van der Waals surface area contributed by atoms with Crippen molar-refractivity contribution in [2.45, 2.75) is 69.3 Å². The average Bonchev–Trinajstić information content (AvgIpc) is 3.50. The van der Waals surface area contributed by atoms with E-state index in [1.165, 1.54) is 0 Å². The van der Waals surface area contributed by atoms with Gasteiger partial charge in [-0.1, -0.05) is 85.9 Å². The van der Waals surface area contributed by atoms with Crippen LogP contribution >= 0.6 is 0 Å². The Kier molecular flexibility index (Phi) is 6.72. The van der Waals surface area contributed by atoms with E-state index in [9.17, 15) is 15.0 Å². The maximum absolute atomic E-state index is 17.6. The zero-order valence-corrected chi connectivity index (χ0v) is 25.2. The molecule has 7 rings (SSSR count). The minimum atomic E-state index is -1.92. The van der Waals surface area contributed by atoms with Crippen molar-refractivity contribution in [1.82, 2.24) is 0 Å². The molecular weight excluding hydrogens is 557 g/mol. The molecule has 2 aromatic carbocycles. The molecule has 5 aliphatic rings. The number of carbonyl (C=O) groups excluding carboxylic acids is 1. The van der Waals surface area contributed by atoms with Crippen LogP contribution in [-0.4, -0.2) is 46.1 Å². The first-order valence-corrected chi connectivity index (χ1v) is 15.5. The smallest absolute Gasteiger partial charge is 0.193 e. The first kappa shape index (κ1) is 29.4. The van der Waals surface area contributed by atoms with Gasteiger partial charge in [0.2, 0.25) is 0 Å². The van der Waals surface area contributed by atoms with Crippen LogP contribution in [0.5, 0.6) is 0 Å². The normalized spacial score (nSPS) is 40.7. The zero-order chi connectivity index (χ0) is 31.1. The molecule has 0 amide bonds. The summed E-state index contributed by atoms with van der Waals surface area (Å²) in [5, 5.41) is 22.0. The monoisotopic (exact) mass is 597 g/mol. The molecule has 4 N–H and O–H groups in total. The summed E-state index contributed by atoms with van der Waals surface area (Å²) in [4.78, 5) is 13.7. The summed E-state index contributed by atoms with van der Waals surface area (Å²) in [6, 6.07) is 15.3. The van der Waals surface area contributed by atoms with Gasteiger partial charge in [-0.3, -0.25) is 4.79 Å². The number of ether oxygens (including phenoxy) is 2. The van der Waals surface area contributed by atoms with Crippen LogP contribution < -0.4 is 5.73 Å². The molecule has 1 aliphatic heterocycles. The molecule has 0 spiro atoms. The number of ketones is 1. The highest BCUT2D eigenvalue weighted by atomic mass is 19.1. The first-order valence-electron chi connectivity index (χ1n) is 15.5. The summed E-state index contributed by atoms with van der Waals surface area (Å²) in [6.45, 7) is 7.11. The molecule has 44 heavy (non-hydrogen) atoms. The van der Waals surface area contributed by atoms with Crippen molar-refractivity contribution in [2.75, 3.05) is 12.3 Å². The summed E-state index contributed by atoms with van der Waals surface area (Å²) >= 11 is 0. The molecule has 4 aliphatic carbocycles. The SMILES string of the molecule is C=C1C=C[C@@]2(C)C(=C1)CC[C@H]1[C@@H]3C[C@H]4O[C@H](c5ccc(/C=C/c6cccc(N)c6)cc5)O[C@@]4(C(=O)CO)[C@@]3(C)C[C@H](O)[C@@]12F. The van der Waals surface area contributed by atoms with Gasteiger partial charge in [-0.05, 0) is 67.4 Å². The summed E-state index contributed by atoms with van der Waals surface area (Å²) in [7, 11) is 0. The maximum atomic E-state index is 17.6. The highest BCUT2D eigenvalue weighted by Crippen LogP contribution is 2.72. The van der Waals surface area contributed by atoms with Crippen molar-refractivity contribution in [1.29, 1.82) is 0 Å². The Bertz CT molecular complexity index is 1610. The van der Waals surface area contributed by atoms with Crippen LogP contribution in [0, 0.1) is 22.7 Å². The number of Topliss-reactive ketones (excluding diaryl/α,β-unsaturated/α-hetero) is 1. The molecule has 3 saturated carbocycles. The summed E-state index contributed by atoms with van der Waals surface area (Å²) in [5.41, 5.74) is 5.74. The van der Waals surface area contributed by atoms with Gasteiger partial charge in [0.1, 0.15) is 6.61 Å². The fourth-order valence-corrected chi connectivity index (χ4v) is 9.42. The molecule has 2 aromatic rings. The van der Waals surface area contributed by atoms with E-state index in [4.69, 9.17) is 15.2 Å². The number of nitrogens with two attached hydrogens (primary N) is 1. The largest absolute Gasteiger partial charge is 0.399 e. The summed E-state index contributed by atoms with van der Waals surface area (Å²) in [5.74, 6) is -1.28. The predicted molar refractivity (Wildman–Crippen MR) is 168 cm³/mol. The van der Waals surface area contributed by atoms with Crippen LogP contribution in [0.3, 0.4) is 0 Å². The molecule has 0 bridgehead atoms. The molecule has 0 unspecified atom stereocenters. The summed E-state index contributed by atoms with van der Waals surface area (Å²) in [6.07, 6.45) is 8.44. The van der Waals surface area contributed by atoms with E-state index in [1.807, 2.05) is 92.8 Å². The number of anilines is 1. The molecule has 6 nitrogen and oxygen atoms in total. The number of fused-ring (bicyclic) bond motifs is 7. The van der Waals surface area contributed by atoms with Crippen LogP contribution in [0.4, 0.5) is 10.1 Å². The molecule has 1 saturated heterocycles. The fraction of sp³-hybridized carbons (Fsp3) is 0.432. The first-order chi connectivity index (χ1) is 21.0. The van der Waals surface area contributed by atoms with Gasteiger partial charge >= 0.3 is 0 Å². The van der Waals surface area contributed by atoms with Gasteiger partial charge in [0, 0.05) is 28.0 Å². The lowest BCUT2D eigenvalue weighted by atomic mass is 9.44. The minimum Gasteiger partial charge on any atom is -0.399 e. The van der Waals surface area contributed by atoms with E-state index >= 15 is 4.39 Å². The van der Waals surface area contributed by atoms with E-state index in [2.05, 4.69) is 6.58 Å². The molecule has 0 aromatic heterocycles. The van der Waals surface area contributed by atoms with Crippen molar-refractivity contribution in [2.24, 2.45) is 22.7 Å². The van der Waals surface area contributed by atoms with Gasteiger partial charge in [0.15, 0.2) is 23.3 Å². The minimum absolute atomic E-state index is 0.0222. The Balaban J connectivity index is 1.19. The molecule has 4 fully saturated rings. The molecule has 7 heteroatoms. The van der Waals surface area contributed by atoms with Crippen LogP contribution in [0.1, 0.15) is 62.5 Å². The third-order valence-electron chi connectivity index (χ3n) is 11.6. The number of rotatable bonds is 5. The third-order valence-corrected chi connectivity index (χ3v) is 11.6. The van der Waals surface area contributed by atoms with Crippen LogP contribution in [0.15, 0.2) is 84.5 Å². The van der Waals surface area contributed by atoms with Crippen molar-refractivity contribution < 1.29 is 28.9 Å². The molecule has 0 radical (unpaired) electrons. The highest BCUT2D eigenvalue weighted by Gasteiger charge is 2.79. The van der Waals surface area contributed by atoms with Crippen LogP contribution in [-0.2, 0) is 14.3 Å². The predicted octanol–water partition coefficient (Wildman–Crippen LogP) is 6.12. The van der Waals surface area contributed by atoms with E-state index < -0.39 is 58.9 Å². The number of halogens is 1. The second-order valence-electron chi connectivity index (χ2n) is 13.7. The molecule has 230 valence electrons. The maximum Gasteiger partial charge on any atom is 0.193 e. The van der Waals surface area contributed by atoms with Crippen molar-refractivity contribution in [3.05, 3.63) is 101 Å². The molecule has 1 heterocycles. The Morgan fingerprint density at radius 2 is 1.89 bits per heavy atom. The lowest BCUT2D eigenvalue weighted by molar-refractivity contribution is -0.231. The summed E-state index contributed by atoms with van der Waals surface area (Å²) < 4.78 is 30.8. The standard InChI is InChI=1S/C37H40FNO5/c1-22-15-16-34(2)26(17-22)13-14-28-29-19-32-37(31(42)21-40,35(29,3)20-30(41)36(28,34)38)44-33(43-32)25-11-9-23(10-12-25)7-8-24-5-4-6-27(39)18-24/h4-12,15-18,28-30,32-33,40-41H,1,13-14,19-21,39H2,2-3H3/b8-7+/t28-,29-,30-,32+,33-,34-,35-,36-,37+/m0/s1. The number of carbonyl (C=O) groups is 1. The number of benzene rings is 2. The topological polar surface area (TPSA) is 102 Å². The molecule has 9 atom stereocenters. The number of aliphatic hydroxyl groups is 2. The Hall–Kier alpha value is -3.36. The van der Waals surface area contributed by atoms with Crippen LogP contribution in [0.2, 0.25) is 0 Å². The van der Waals surface area contributed by atoms with E-state index in [1.54, 1.807) is 0 Å². The lowest BCUT2D eigenvalue weighted by Gasteiger charge is -2.62. The van der Waals surface area contributed by atoms with Gasteiger partial charge in [-0.15, -0.1) is 0 Å². The number of aliphatic hydroxyl groups excluding tert-OH is 2. The fourth-order valence-electron chi connectivity index (χ4n) is 9.42. The second-order valence-corrected chi connectivity index (χ2v) is 13.7. The van der Waals surface area contributed by atoms with Crippen LogP contribution in [0.25, 0.3) is 12.2 Å². The number of alkyl halides is 1. The van der Waals surface area contributed by atoms with Crippen molar-refractivity contribution in [3.8, 4) is 0 Å². The second kappa shape index (κ2) is 10.1. The van der Waals surface area contributed by atoms with E-state index in [0.29, 0.717) is 24.9 Å².